The highest BCUT2D eigenvalue weighted by Gasteiger charge is 2.07. The summed E-state index contributed by atoms with van der Waals surface area (Å²) in [6, 6.07) is 23.6. The first kappa shape index (κ1) is 20.6. The standard InChI is InChI=1S/C25H28N2O2/c1-19-8-6-9-20(2)25(19)27-15-14-26-17-24(28)22-12-7-13-23(16-22)29-18-21-10-4-3-5-11-21/h3-13,16,26-27H,14-15,17-18H2,1-2H3. The van der Waals surface area contributed by atoms with Crippen LogP contribution in [0, 0.1) is 13.8 Å². The first-order valence-corrected chi connectivity index (χ1v) is 9.94. The number of anilines is 1. The van der Waals surface area contributed by atoms with Crippen LogP contribution in [-0.2, 0) is 6.61 Å². The molecular formula is C25H28N2O2. The van der Waals surface area contributed by atoms with E-state index in [-0.39, 0.29) is 5.78 Å². The summed E-state index contributed by atoms with van der Waals surface area (Å²) in [7, 11) is 0. The van der Waals surface area contributed by atoms with Gasteiger partial charge in [-0.2, -0.15) is 0 Å². The molecule has 4 nitrogen and oxygen atoms in total. The molecule has 0 heterocycles. The van der Waals surface area contributed by atoms with E-state index in [4.69, 9.17) is 4.74 Å². The van der Waals surface area contributed by atoms with Crippen LogP contribution < -0.4 is 15.4 Å². The monoisotopic (exact) mass is 388 g/mol. The van der Waals surface area contributed by atoms with Crippen LogP contribution in [0.2, 0.25) is 0 Å². The zero-order valence-electron chi connectivity index (χ0n) is 17.1. The molecule has 0 spiro atoms. The summed E-state index contributed by atoms with van der Waals surface area (Å²) in [5, 5.41) is 6.66. The van der Waals surface area contributed by atoms with Crippen molar-refractivity contribution in [3.8, 4) is 5.75 Å². The lowest BCUT2D eigenvalue weighted by atomic mass is 10.1. The number of Topliss-reactive ketones (excluding diaryl/α,β-unsaturated/α-hetero) is 1. The normalized spacial score (nSPS) is 10.6. The van der Waals surface area contributed by atoms with Gasteiger partial charge in [0.25, 0.3) is 0 Å². The molecule has 3 rings (SSSR count). The average Bonchev–Trinajstić information content (AvgIpc) is 2.74. The molecule has 2 N–H and O–H groups in total. The number of benzene rings is 3. The predicted molar refractivity (Wildman–Crippen MR) is 119 cm³/mol. The Morgan fingerprint density at radius 3 is 2.34 bits per heavy atom. The third kappa shape index (κ3) is 6.19. The molecule has 0 aromatic heterocycles. The SMILES string of the molecule is Cc1cccc(C)c1NCCNCC(=O)c1cccc(OCc2ccccc2)c1. The Morgan fingerprint density at radius 2 is 1.59 bits per heavy atom. The lowest BCUT2D eigenvalue weighted by Crippen LogP contribution is -2.28. The van der Waals surface area contributed by atoms with Gasteiger partial charge in [-0.1, -0.05) is 60.7 Å². The van der Waals surface area contributed by atoms with Crippen LogP contribution in [0.4, 0.5) is 5.69 Å². The van der Waals surface area contributed by atoms with Crippen molar-refractivity contribution >= 4 is 11.5 Å². The summed E-state index contributed by atoms with van der Waals surface area (Å²) in [5.41, 5.74) is 5.39. The minimum absolute atomic E-state index is 0.0576. The predicted octanol–water partition coefficient (Wildman–Crippen LogP) is 4.77. The van der Waals surface area contributed by atoms with Crippen molar-refractivity contribution in [1.29, 1.82) is 0 Å². The molecule has 4 heteroatoms. The lowest BCUT2D eigenvalue weighted by molar-refractivity contribution is 0.0991. The molecular weight excluding hydrogens is 360 g/mol. The summed E-state index contributed by atoms with van der Waals surface area (Å²) < 4.78 is 5.81. The van der Waals surface area contributed by atoms with Crippen LogP contribution >= 0.6 is 0 Å². The Kier molecular flexibility index (Phi) is 7.42. The van der Waals surface area contributed by atoms with E-state index in [9.17, 15) is 4.79 Å². The van der Waals surface area contributed by atoms with Crippen molar-refractivity contribution in [3.05, 3.63) is 95.1 Å². The zero-order chi connectivity index (χ0) is 20.5. The second-order valence-corrected chi connectivity index (χ2v) is 7.10. The summed E-state index contributed by atoms with van der Waals surface area (Å²) in [4.78, 5) is 12.5. The summed E-state index contributed by atoms with van der Waals surface area (Å²) >= 11 is 0. The Labute approximate surface area is 172 Å². The van der Waals surface area contributed by atoms with Gasteiger partial charge in [0, 0.05) is 24.3 Å². The number of carbonyl (C=O) groups is 1. The molecule has 0 saturated carbocycles. The molecule has 0 aliphatic carbocycles. The van der Waals surface area contributed by atoms with E-state index in [0.717, 1.165) is 12.1 Å². The number of para-hydroxylation sites is 1. The van der Waals surface area contributed by atoms with Crippen LogP contribution in [0.1, 0.15) is 27.0 Å². The van der Waals surface area contributed by atoms with Crippen LogP contribution in [0.15, 0.2) is 72.8 Å². The molecule has 0 amide bonds. The number of carbonyl (C=O) groups excluding carboxylic acids is 1. The molecule has 0 atom stereocenters. The van der Waals surface area contributed by atoms with Crippen molar-refractivity contribution in [2.24, 2.45) is 0 Å². The minimum Gasteiger partial charge on any atom is -0.489 e. The first-order valence-electron chi connectivity index (χ1n) is 9.94. The fraction of sp³-hybridized carbons (Fsp3) is 0.240. The first-order chi connectivity index (χ1) is 14.1. The second kappa shape index (κ2) is 10.4. The van der Waals surface area contributed by atoms with Gasteiger partial charge in [0.2, 0.25) is 0 Å². The summed E-state index contributed by atoms with van der Waals surface area (Å²) in [6.45, 7) is 6.46. The molecule has 0 bridgehead atoms. The Bertz CT molecular complexity index is 918. The Hall–Kier alpha value is -3.11. The lowest BCUT2D eigenvalue weighted by Gasteiger charge is -2.13. The van der Waals surface area contributed by atoms with Gasteiger partial charge < -0.3 is 15.4 Å². The number of ketones is 1. The molecule has 0 aliphatic heterocycles. The highest BCUT2D eigenvalue weighted by molar-refractivity contribution is 5.97. The quantitative estimate of drug-likeness (QED) is 0.388. The van der Waals surface area contributed by atoms with Crippen molar-refractivity contribution in [2.45, 2.75) is 20.5 Å². The molecule has 0 fully saturated rings. The number of hydrogen-bond acceptors (Lipinski definition) is 4. The van der Waals surface area contributed by atoms with Gasteiger partial charge in [0.15, 0.2) is 5.78 Å². The summed E-state index contributed by atoms with van der Waals surface area (Å²) in [6.07, 6.45) is 0. The maximum Gasteiger partial charge on any atom is 0.176 e. The molecule has 150 valence electrons. The molecule has 0 aliphatic rings. The number of nitrogens with one attached hydrogen (secondary N) is 2. The number of hydrogen-bond donors (Lipinski definition) is 2. The van der Waals surface area contributed by atoms with Gasteiger partial charge in [-0.15, -0.1) is 0 Å². The third-order valence-corrected chi connectivity index (χ3v) is 4.77. The van der Waals surface area contributed by atoms with E-state index in [2.05, 4.69) is 42.7 Å². The van der Waals surface area contributed by atoms with Gasteiger partial charge in [-0.3, -0.25) is 4.79 Å². The fourth-order valence-electron chi connectivity index (χ4n) is 3.17. The molecule has 0 radical (unpaired) electrons. The molecule has 0 unspecified atom stereocenters. The van der Waals surface area contributed by atoms with Crippen LogP contribution in [0.5, 0.6) is 5.75 Å². The highest BCUT2D eigenvalue weighted by atomic mass is 16.5. The fourth-order valence-corrected chi connectivity index (χ4v) is 3.17. The van der Waals surface area contributed by atoms with E-state index in [0.29, 0.717) is 31.0 Å². The van der Waals surface area contributed by atoms with E-state index in [1.165, 1.54) is 16.8 Å². The second-order valence-electron chi connectivity index (χ2n) is 7.10. The van der Waals surface area contributed by atoms with E-state index < -0.39 is 0 Å². The smallest absolute Gasteiger partial charge is 0.176 e. The number of aryl methyl sites for hydroxylation is 2. The third-order valence-electron chi connectivity index (χ3n) is 4.77. The van der Waals surface area contributed by atoms with E-state index in [1.54, 1.807) is 0 Å². The van der Waals surface area contributed by atoms with Gasteiger partial charge in [-0.25, -0.2) is 0 Å². The maximum atomic E-state index is 12.5. The maximum absolute atomic E-state index is 12.5. The van der Waals surface area contributed by atoms with Crippen LogP contribution in [0.3, 0.4) is 0 Å². The van der Waals surface area contributed by atoms with Crippen LogP contribution in [0.25, 0.3) is 0 Å². The topological polar surface area (TPSA) is 50.4 Å². The number of ether oxygens (including phenoxy) is 1. The summed E-state index contributed by atoms with van der Waals surface area (Å²) in [5.74, 6) is 0.763. The average molecular weight is 389 g/mol. The Morgan fingerprint density at radius 1 is 0.862 bits per heavy atom. The number of rotatable bonds is 10. The van der Waals surface area contributed by atoms with E-state index >= 15 is 0 Å². The van der Waals surface area contributed by atoms with Crippen molar-refractivity contribution in [3.63, 3.8) is 0 Å². The van der Waals surface area contributed by atoms with Gasteiger partial charge >= 0.3 is 0 Å². The van der Waals surface area contributed by atoms with Crippen LogP contribution in [-0.4, -0.2) is 25.4 Å². The van der Waals surface area contributed by atoms with Crippen molar-refractivity contribution in [2.75, 3.05) is 25.0 Å². The van der Waals surface area contributed by atoms with Crippen molar-refractivity contribution < 1.29 is 9.53 Å². The Balaban J connectivity index is 1.43. The van der Waals surface area contributed by atoms with Gasteiger partial charge in [-0.05, 0) is 42.7 Å². The largest absolute Gasteiger partial charge is 0.489 e. The molecule has 0 saturated heterocycles. The van der Waals surface area contributed by atoms with Gasteiger partial charge in [0.1, 0.15) is 12.4 Å². The van der Waals surface area contributed by atoms with Gasteiger partial charge in [0.05, 0.1) is 6.54 Å². The van der Waals surface area contributed by atoms with Crippen molar-refractivity contribution in [1.82, 2.24) is 5.32 Å². The highest BCUT2D eigenvalue weighted by Crippen LogP contribution is 2.19. The zero-order valence-corrected chi connectivity index (χ0v) is 17.1. The molecule has 29 heavy (non-hydrogen) atoms. The molecule has 3 aromatic carbocycles. The molecule has 3 aromatic rings. The minimum atomic E-state index is 0.0576. The van der Waals surface area contributed by atoms with E-state index in [1.807, 2.05) is 54.6 Å².